The fourth-order valence-electron chi connectivity index (χ4n) is 2.41. The van der Waals surface area contributed by atoms with Gasteiger partial charge in [-0.3, -0.25) is 4.79 Å². The van der Waals surface area contributed by atoms with Crippen LogP contribution in [0.5, 0.6) is 5.75 Å². The minimum Gasteiger partial charge on any atom is -0.508 e. The van der Waals surface area contributed by atoms with Gasteiger partial charge >= 0.3 is 0 Å². The number of carbonyl (C=O) groups is 1. The fourth-order valence-corrected chi connectivity index (χ4v) is 2.73. The second kappa shape index (κ2) is 6.10. The number of phenols is 1. The highest BCUT2D eigenvalue weighted by Gasteiger charge is 2.25. The van der Waals surface area contributed by atoms with E-state index in [1.165, 1.54) is 6.07 Å². The number of hydrogen-bond acceptors (Lipinski definition) is 2. The van der Waals surface area contributed by atoms with Crippen molar-refractivity contribution in [2.24, 2.45) is 0 Å². The van der Waals surface area contributed by atoms with Crippen molar-refractivity contribution in [2.45, 2.75) is 31.7 Å². The zero-order valence-electron chi connectivity index (χ0n) is 10.3. The first-order valence-electron chi connectivity index (χ1n) is 6.38. The Morgan fingerprint density at radius 2 is 2.22 bits per heavy atom. The van der Waals surface area contributed by atoms with Gasteiger partial charge in [-0.15, -0.1) is 11.6 Å². The quantitative estimate of drug-likeness (QED) is 0.837. The van der Waals surface area contributed by atoms with Crippen molar-refractivity contribution >= 4 is 17.5 Å². The van der Waals surface area contributed by atoms with Gasteiger partial charge < -0.3 is 10.0 Å². The Hall–Kier alpha value is -1.22. The van der Waals surface area contributed by atoms with E-state index >= 15 is 0 Å². The SMILES string of the molecule is O=C(c1cccc(O)c1)N1CCCCCC1CCl. The number of rotatable bonds is 2. The van der Waals surface area contributed by atoms with Crippen LogP contribution in [0.15, 0.2) is 24.3 Å². The molecule has 1 aromatic rings. The lowest BCUT2D eigenvalue weighted by Gasteiger charge is -2.28. The molecule has 1 aliphatic heterocycles. The predicted molar refractivity (Wildman–Crippen MR) is 72.1 cm³/mol. The first-order chi connectivity index (χ1) is 8.72. The average Bonchev–Trinajstić information content (AvgIpc) is 2.62. The lowest BCUT2D eigenvalue weighted by atomic mass is 10.1. The van der Waals surface area contributed by atoms with Crippen LogP contribution in [0.3, 0.4) is 0 Å². The van der Waals surface area contributed by atoms with Crippen molar-refractivity contribution in [3.05, 3.63) is 29.8 Å². The molecular weight excluding hydrogens is 250 g/mol. The van der Waals surface area contributed by atoms with E-state index in [2.05, 4.69) is 0 Å². The van der Waals surface area contributed by atoms with Crippen molar-refractivity contribution in [1.29, 1.82) is 0 Å². The fraction of sp³-hybridized carbons (Fsp3) is 0.500. The average molecular weight is 268 g/mol. The molecule has 1 fully saturated rings. The number of halogens is 1. The molecule has 1 heterocycles. The zero-order chi connectivity index (χ0) is 13.0. The molecule has 1 unspecified atom stereocenters. The van der Waals surface area contributed by atoms with E-state index < -0.39 is 0 Å². The third kappa shape index (κ3) is 2.96. The van der Waals surface area contributed by atoms with Crippen molar-refractivity contribution in [3.8, 4) is 5.75 Å². The largest absolute Gasteiger partial charge is 0.508 e. The molecule has 0 bridgehead atoms. The monoisotopic (exact) mass is 267 g/mol. The summed E-state index contributed by atoms with van der Waals surface area (Å²) in [6.07, 6.45) is 4.27. The molecular formula is C14H18ClNO2. The Morgan fingerprint density at radius 1 is 1.39 bits per heavy atom. The summed E-state index contributed by atoms with van der Waals surface area (Å²) in [4.78, 5) is 14.3. The number of nitrogens with zero attached hydrogens (tertiary/aromatic N) is 1. The molecule has 1 N–H and O–H groups in total. The summed E-state index contributed by atoms with van der Waals surface area (Å²) in [6, 6.07) is 6.62. The van der Waals surface area contributed by atoms with E-state index in [1.807, 2.05) is 4.90 Å². The third-order valence-corrected chi connectivity index (χ3v) is 3.77. The topological polar surface area (TPSA) is 40.5 Å². The van der Waals surface area contributed by atoms with Gasteiger partial charge in [-0.05, 0) is 31.0 Å². The zero-order valence-corrected chi connectivity index (χ0v) is 11.1. The molecule has 2 rings (SSSR count). The molecule has 1 atom stereocenters. The van der Waals surface area contributed by atoms with E-state index in [-0.39, 0.29) is 17.7 Å². The summed E-state index contributed by atoms with van der Waals surface area (Å²) in [5.41, 5.74) is 0.534. The first-order valence-corrected chi connectivity index (χ1v) is 6.92. The molecule has 1 amide bonds. The van der Waals surface area contributed by atoms with Crippen LogP contribution in [-0.4, -0.2) is 34.4 Å². The van der Waals surface area contributed by atoms with Crippen LogP contribution in [0, 0.1) is 0 Å². The van der Waals surface area contributed by atoms with E-state index in [4.69, 9.17) is 11.6 Å². The number of hydrogen-bond donors (Lipinski definition) is 1. The van der Waals surface area contributed by atoms with Crippen LogP contribution in [0.1, 0.15) is 36.0 Å². The number of aromatic hydroxyl groups is 1. The van der Waals surface area contributed by atoms with Crippen LogP contribution in [-0.2, 0) is 0 Å². The third-order valence-electron chi connectivity index (χ3n) is 3.41. The molecule has 0 spiro atoms. The van der Waals surface area contributed by atoms with E-state index in [9.17, 15) is 9.90 Å². The summed E-state index contributed by atoms with van der Waals surface area (Å²) in [5, 5.41) is 9.44. The van der Waals surface area contributed by atoms with Crippen LogP contribution in [0.4, 0.5) is 0 Å². The number of likely N-dealkylation sites (tertiary alicyclic amines) is 1. The minimum atomic E-state index is -0.0292. The summed E-state index contributed by atoms with van der Waals surface area (Å²) < 4.78 is 0. The van der Waals surface area contributed by atoms with Gasteiger partial charge in [0, 0.05) is 24.0 Å². The lowest BCUT2D eigenvalue weighted by molar-refractivity contribution is 0.0700. The van der Waals surface area contributed by atoms with E-state index in [0.29, 0.717) is 11.4 Å². The predicted octanol–water partition coefficient (Wildman–Crippen LogP) is 3.02. The summed E-state index contributed by atoms with van der Waals surface area (Å²) in [7, 11) is 0. The number of phenolic OH excluding ortho intramolecular Hbond substituents is 1. The molecule has 98 valence electrons. The maximum Gasteiger partial charge on any atom is 0.254 e. The van der Waals surface area contributed by atoms with Crippen LogP contribution in [0.2, 0.25) is 0 Å². The van der Waals surface area contributed by atoms with Crippen molar-refractivity contribution in [3.63, 3.8) is 0 Å². The van der Waals surface area contributed by atoms with Crippen LogP contribution < -0.4 is 0 Å². The Labute approximate surface area is 112 Å². The Kier molecular flexibility index (Phi) is 4.48. The molecule has 0 aromatic heterocycles. The standard InChI is InChI=1S/C14H18ClNO2/c15-10-12-6-2-1-3-8-16(12)14(18)11-5-4-7-13(17)9-11/h4-5,7,9,12,17H,1-3,6,8,10H2. The van der Waals surface area contributed by atoms with E-state index in [0.717, 1.165) is 32.2 Å². The van der Waals surface area contributed by atoms with Gasteiger partial charge in [-0.1, -0.05) is 18.9 Å². The van der Waals surface area contributed by atoms with Crippen LogP contribution >= 0.6 is 11.6 Å². The molecule has 0 saturated carbocycles. The number of alkyl halides is 1. The van der Waals surface area contributed by atoms with Crippen molar-refractivity contribution in [2.75, 3.05) is 12.4 Å². The molecule has 18 heavy (non-hydrogen) atoms. The first kappa shape index (κ1) is 13.2. The number of carbonyl (C=O) groups excluding carboxylic acids is 1. The highest BCUT2D eigenvalue weighted by atomic mass is 35.5. The molecule has 0 aliphatic carbocycles. The van der Waals surface area contributed by atoms with Gasteiger partial charge in [-0.25, -0.2) is 0 Å². The number of benzene rings is 1. The normalized spacial score (nSPS) is 20.5. The van der Waals surface area contributed by atoms with Gasteiger partial charge in [0.25, 0.3) is 5.91 Å². The second-order valence-corrected chi connectivity index (χ2v) is 5.01. The maximum absolute atomic E-state index is 12.4. The van der Waals surface area contributed by atoms with Gasteiger partial charge in [0.2, 0.25) is 0 Å². The summed E-state index contributed by atoms with van der Waals surface area (Å²) in [6.45, 7) is 0.756. The molecule has 0 radical (unpaired) electrons. The maximum atomic E-state index is 12.4. The lowest BCUT2D eigenvalue weighted by Crippen LogP contribution is -2.41. The van der Waals surface area contributed by atoms with Gasteiger partial charge in [0.15, 0.2) is 0 Å². The second-order valence-electron chi connectivity index (χ2n) is 4.71. The number of amides is 1. The molecule has 1 aromatic carbocycles. The minimum absolute atomic E-state index is 0.0292. The smallest absolute Gasteiger partial charge is 0.254 e. The summed E-state index contributed by atoms with van der Waals surface area (Å²) in [5.74, 6) is 0.571. The summed E-state index contributed by atoms with van der Waals surface area (Å²) >= 11 is 5.97. The van der Waals surface area contributed by atoms with Crippen LogP contribution in [0.25, 0.3) is 0 Å². The van der Waals surface area contributed by atoms with Gasteiger partial charge in [-0.2, -0.15) is 0 Å². The van der Waals surface area contributed by atoms with Crippen molar-refractivity contribution < 1.29 is 9.90 Å². The van der Waals surface area contributed by atoms with Crippen molar-refractivity contribution in [1.82, 2.24) is 4.90 Å². The van der Waals surface area contributed by atoms with Gasteiger partial charge in [0.05, 0.1) is 0 Å². The molecule has 1 aliphatic rings. The van der Waals surface area contributed by atoms with Gasteiger partial charge in [0.1, 0.15) is 5.75 Å². The Balaban J connectivity index is 2.19. The molecule has 3 nitrogen and oxygen atoms in total. The Morgan fingerprint density at radius 3 is 2.94 bits per heavy atom. The van der Waals surface area contributed by atoms with E-state index in [1.54, 1.807) is 18.2 Å². The molecule has 4 heteroatoms. The molecule has 1 saturated heterocycles. The highest BCUT2D eigenvalue weighted by Crippen LogP contribution is 2.21. The Bertz CT molecular complexity index is 422. The highest BCUT2D eigenvalue weighted by molar-refractivity contribution is 6.18.